The van der Waals surface area contributed by atoms with E-state index in [-0.39, 0.29) is 5.97 Å². The van der Waals surface area contributed by atoms with Gasteiger partial charge < -0.3 is 9.84 Å². The average Bonchev–Trinajstić information content (AvgIpc) is 2.24. The van der Waals surface area contributed by atoms with Crippen molar-refractivity contribution in [3.63, 3.8) is 0 Å². The molecule has 18 heavy (non-hydrogen) atoms. The van der Waals surface area contributed by atoms with Crippen LogP contribution in [0.3, 0.4) is 0 Å². The summed E-state index contributed by atoms with van der Waals surface area (Å²) in [5.41, 5.74) is -0.409. The smallest absolute Gasteiger partial charge is 0.330 e. The molecule has 0 aromatic heterocycles. The van der Waals surface area contributed by atoms with Crippen molar-refractivity contribution in [2.45, 2.75) is 71.3 Å². The third-order valence-corrected chi connectivity index (χ3v) is 2.44. The Labute approximate surface area is 111 Å². The molecular formula is C15H28O3. The van der Waals surface area contributed by atoms with Crippen LogP contribution in [-0.4, -0.2) is 23.3 Å². The number of aliphatic hydroxyl groups excluding tert-OH is 1. The third kappa shape index (κ3) is 13.2. The van der Waals surface area contributed by atoms with Gasteiger partial charge in [-0.3, -0.25) is 0 Å². The molecule has 0 heterocycles. The molecule has 3 heteroatoms. The van der Waals surface area contributed by atoms with Gasteiger partial charge in [0.15, 0.2) is 0 Å². The van der Waals surface area contributed by atoms with Crippen LogP contribution in [0.2, 0.25) is 0 Å². The first kappa shape index (κ1) is 17.2. The van der Waals surface area contributed by atoms with E-state index in [1.54, 1.807) is 0 Å². The van der Waals surface area contributed by atoms with Crippen LogP contribution >= 0.6 is 0 Å². The van der Waals surface area contributed by atoms with Crippen LogP contribution in [0.5, 0.6) is 0 Å². The lowest BCUT2D eigenvalue weighted by atomic mass is 10.1. The minimum atomic E-state index is -0.409. The third-order valence-electron chi connectivity index (χ3n) is 2.44. The Morgan fingerprint density at radius 3 is 2.17 bits per heavy atom. The second kappa shape index (κ2) is 10.1. The second-order valence-electron chi connectivity index (χ2n) is 5.57. The maximum absolute atomic E-state index is 11.3. The fraction of sp³-hybridized carbons (Fsp3) is 0.800. The van der Waals surface area contributed by atoms with E-state index in [0.717, 1.165) is 25.7 Å². The normalized spacial score (nSPS) is 12.0. The van der Waals surface area contributed by atoms with E-state index in [2.05, 4.69) is 0 Å². The van der Waals surface area contributed by atoms with E-state index in [9.17, 15) is 4.79 Å². The number of hydrogen-bond donors (Lipinski definition) is 1. The molecule has 0 aliphatic carbocycles. The van der Waals surface area contributed by atoms with Crippen molar-refractivity contribution in [3.8, 4) is 0 Å². The summed E-state index contributed by atoms with van der Waals surface area (Å²) in [5.74, 6) is -0.259. The van der Waals surface area contributed by atoms with Crippen LogP contribution in [0.25, 0.3) is 0 Å². The van der Waals surface area contributed by atoms with Gasteiger partial charge in [-0.05, 0) is 40.0 Å². The summed E-state index contributed by atoms with van der Waals surface area (Å²) >= 11 is 0. The van der Waals surface area contributed by atoms with Gasteiger partial charge in [0.05, 0.1) is 0 Å². The number of hydrogen-bond acceptors (Lipinski definition) is 3. The molecule has 0 aliphatic heterocycles. The molecule has 3 nitrogen and oxygen atoms in total. The van der Waals surface area contributed by atoms with Crippen molar-refractivity contribution in [1.82, 2.24) is 0 Å². The van der Waals surface area contributed by atoms with E-state index < -0.39 is 5.60 Å². The lowest BCUT2D eigenvalue weighted by molar-refractivity contribution is -0.148. The molecule has 0 rings (SSSR count). The highest BCUT2D eigenvalue weighted by Gasteiger charge is 2.13. The summed E-state index contributed by atoms with van der Waals surface area (Å²) in [5, 5.41) is 8.62. The number of ether oxygens (including phenoxy) is 1. The van der Waals surface area contributed by atoms with Gasteiger partial charge in [-0.15, -0.1) is 0 Å². The summed E-state index contributed by atoms with van der Waals surface area (Å²) in [6.45, 7) is 5.90. The van der Waals surface area contributed by atoms with E-state index in [0.29, 0.717) is 6.61 Å². The molecular weight excluding hydrogens is 228 g/mol. The minimum absolute atomic E-state index is 0.259. The molecule has 0 saturated carbocycles. The average molecular weight is 256 g/mol. The Morgan fingerprint density at radius 1 is 1.06 bits per heavy atom. The van der Waals surface area contributed by atoms with E-state index in [1.807, 2.05) is 26.8 Å². The summed E-state index contributed by atoms with van der Waals surface area (Å²) < 4.78 is 5.16. The summed E-state index contributed by atoms with van der Waals surface area (Å²) in [6, 6.07) is 0. The van der Waals surface area contributed by atoms with Crippen molar-refractivity contribution >= 4 is 5.97 Å². The largest absolute Gasteiger partial charge is 0.457 e. The van der Waals surface area contributed by atoms with Gasteiger partial charge in [0.1, 0.15) is 5.60 Å². The molecule has 1 N–H and O–H groups in total. The Morgan fingerprint density at radius 2 is 1.61 bits per heavy atom. The highest BCUT2D eigenvalue weighted by atomic mass is 16.6. The Hall–Kier alpha value is -0.830. The van der Waals surface area contributed by atoms with Crippen molar-refractivity contribution < 1.29 is 14.6 Å². The Kier molecular flexibility index (Phi) is 9.66. The van der Waals surface area contributed by atoms with Crippen LogP contribution in [0.15, 0.2) is 12.2 Å². The molecule has 0 aromatic rings. The Balaban J connectivity index is 3.40. The van der Waals surface area contributed by atoms with Crippen LogP contribution in [0.1, 0.15) is 65.7 Å². The molecule has 0 fully saturated rings. The maximum atomic E-state index is 11.3. The van der Waals surface area contributed by atoms with E-state index in [1.165, 1.54) is 25.3 Å². The van der Waals surface area contributed by atoms with Gasteiger partial charge >= 0.3 is 5.97 Å². The lowest BCUT2D eigenvalue weighted by Crippen LogP contribution is -2.22. The van der Waals surface area contributed by atoms with Crippen LogP contribution < -0.4 is 0 Å². The fourth-order valence-corrected chi connectivity index (χ4v) is 1.60. The standard InChI is InChI=1S/C15H28O3/c1-15(2,3)18-14(17)12-10-8-6-4-5-7-9-11-13-16/h10,12,16H,4-9,11,13H2,1-3H3/b12-10+. The highest BCUT2D eigenvalue weighted by molar-refractivity contribution is 5.82. The van der Waals surface area contributed by atoms with Crippen molar-refractivity contribution in [2.75, 3.05) is 6.61 Å². The zero-order valence-corrected chi connectivity index (χ0v) is 12.1. The van der Waals surface area contributed by atoms with Crippen molar-refractivity contribution in [2.24, 2.45) is 0 Å². The van der Waals surface area contributed by atoms with E-state index in [4.69, 9.17) is 9.84 Å². The minimum Gasteiger partial charge on any atom is -0.457 e. The molecule has 0 saturated heterocycles. The molecule has 0 aromatic carbocycles. The molecule has 0 bridgehead atoms. The van der Waals surface area contributed by atoms with Gasteiger partial charge in [0.2, 0.25) is 0 Å². The summed E-state index contributed by atoms with van der Waals surface area (Å²) in [7, 11) is 0. The monoisotopic (exact) mass is 256 g/mol. The first-order valence-corrected chi connectivity index (χ1v) is 6.96. The second-order valence-corrected chi connectivity index (χ2v) is 5.57. The zero-order valence-electron chi connectivity index (χ0n) is 12.1. The number of allylic oxidation sites excluding steroid dienone is 1. The number of rotatable bonds is 9. The van der Waals surface area contributed by atoms with Gasteiger partial charge in [-0.25, -0.2) is 4.79 Å². The van der Waals surface area contributed by atoms with Crippen LogP contribution in [0.4, 0.5) is 0 Å². The molecule has 0 radical (unpaired) electrons. The van der Waals surface area contributed by atoms with Gasteiger partial charge in [0.25, 0.3) is 0 Å². The highest BCUT2D eigenvalue weighted by Crippen LogP contribution is 2.09. The number of carbonyl (C=O) groups is 1. The number of aliphatic hydroxyl groups is 1. The Bertz CT molecular complexity index is 239. The van der Waals surface area contributed by atoms with Gasteiger partial charge in [-0.1, -0.05) is 31.8 Å². The van der Waals surface area contributed by atoms with Crippen molar-refractivity contribution in [1.29, 1.82) is 0 Å². The molecule has 0 spiro atoms. The number of unbranched alkanes of at least 4 members (excludes halogenated alkanes) is 6. The fourth-order valence-electron chi connectivity index (χ4n) is 1.60. The molecule has 106 valence electrons. The number of esters is 1. The first-order chi connectivity index (χ1) is 8.45. The molecule has 0 amide bonds. The van der Waals surface area contributed by atoms with Crippen LogP contribution in [-0.2, 0) is 9.53 Å². The first-order valence-electron chi connectivity index (χ1n) is 6.96. The van der Waals surface area contributed by atoms with Gasteiger partial charge in [0, 0.05) is 12.7 Å². The predicted molar refractivity (Wildman–Crippen MR) is 74.4 cm³/mol. The lowest BCUT2D eigenvalue weighted by Gasteiger charge is -2.17. The topological polar surface area (TPSA) is 46.5 Å². The van der Waals surface area contributed by atoms with E-state index >= 15 is 0 Å². The van der Waals surface area contributed by atoms with Gasteiger partial charge in [-0.2, -0.15) is 0 Å². The SMILES string of the molecule is CC(C)(C)OC(=O)/C=C/CCCCCCCCO. The quantitative estimate of drug-likeness (QED) is 0.389. The molecule has 0 atom stereocenters. The molecule has 0 aliphatic rings. The summed E-state index contributed by atoms with van der Waals surface area (Å²) in [4.78, 5) is 11.3. The summed E-state index contributed by atoms with van der Waals surface area (Å²) in [6.07, 6.45) is 11.1. The molecule has 0 unspecified atom stereocenters. The number of carbonyl (C=O) groups excluding carboxylic acids is 1. The van der Waals surface area contributed by atoms with Crippen LogP contribution in [0, 0.1) is 0 Å². The zero-order chi connectivity index (χ0) is 13.9. The van der Waals surface area contributed by atoms with Crippen molar-refractivity contribution in [3.05, 3.63) is 12.2 Å². The maximum Gasteiger partial charge on any atom is 0.330 e. The predicted octanol–water partition coefficient (Wildman–Crippen LogP) is 3.61.